The number of aryl methyl sites for hydroxylation is 2. The molecule has 1 N–H and O–H groups in total. The van der Waals surface area contributed by atoms with Crippen molar-refractivity contribution in [3.05, 3.63) is 87.2 Å². The molecule has 0 spiro atoms. The lowest BCUT2D eigenvalue weighted by Gasteiger charge is -2.17. The van der Waals surface area contributed by atoms with Gasteiger partial charge >= 0.3 is 6.18 Å². The maximum Gasteiger partial charge on any atom is 0.416 e. The van der Waals surface area contributed by atoms with Gasteiger partial charge in [0.25, 0.3) is 11.8 Å². The van der Waals surface area contributed by atoms with E-state index in [0.29, 0.717) is 10.6 Å². The van der Waals surface area contributed by atoms with E-state index >= 15 is 0 Å². The highest BCUT2D eigenvalue weighted by atomic mass is 32.1. The first-order valence-electron chi connectivity index (χ1n) is 9.35. The van der Waals surface area contributed by atoms with Gasteiger partial charge in [0.15, 0.2) is 0 Å². The van der Waals surface area contributed by atoms with E-state index in [0.717, 1.165) is 40.3 Å². The fourth-order valence-corrected chi connectivity index (χ4v) is 4.10. The molecule has 0 fully saturated rings. The van der Waals surface area contributed by atoms with Crippen LogP contribution in [0.15, 0.2) is 65.7 Å². The van der Waals surface area contributed by atoms with Gasteiger partial charge in [0.2, 0.25) is 0 Å². The molecule has 3 aromatic rings. The van der Waals surface area contributed by atoms with Crippen molar-refractivity contribution >= 4 is 40.1 Å². The van der Waals surface area contributed by atoms with Gasteiger partial charge in [-0.3, -0.25) is 9.59 Å². The Morgan fingerprint density at radius 2 is 1.65 bits per heavy atom. The first-order valence-corrected chi connectivity index (χ1v) is 10.2. The molecule has 0 saturated heterocycles. The molecule has 4 rings (SSSR count). The molecule has 0 saturated carbocycles. The fraction of sp³-hybridized carbons (Fsp3) is 0.130. The van der Waals surface area contributed by atoms with Crippen LogP contribution in [0.4, 0.5) is 24.5 Å². The Kier molecular flexibility index (Phi) is 5.18. The lowest BCUT2D eigenvalue weighted by atomic mass is 10.1. The Bertz CT molecular complexity index is 1200. The third kappa shape index (κ3) is 3.86. The van der Waals surface area contributed by atoms with Gasteiger partial charge in [-0.25, -0.2) is 4.90 Å². The molecule has 1 aliphatic heterocycles. The van der Waals surface area contributed by atoms with E-state index in [1.807, 2.05) is 32.0 Å². The van der Waals surface area contributed by atoms with Crippen LogP contribution in [0.3, 0.4) is 0 Å². The van der Waals surface area contributed by atoms with E-state index in [-0.39, 0.29) is 17.0 Å². The van der Waals surface area contributed by atoms with Crippen LogP contribution in [-0.4, -0.2) is 11.8 Å². The Balaban J connectivity index is 1.77. The molecule has 2 amide bonds. The Hall–Kier alpha value is -3.39. The summed E-state index contributed by atoms with van der Waals surface area (Å²) in [5, 5.41) is 4.89. The number of carbonyl (C=O) groups excluding carboxylic acids is 2. The summed E-state index contributed by atoms with van der Waals surface area (Å²) in [6, 6.07) is 13.2. The number of imide groups is 1. The normalized spacial score (nSPS) is 14.5. The van der Waals surface area contributed by atoms with E-state index in [4.69, 9.17) is 0 Å². The molecule has 0 atom stereocenters. The maximum atomic E-state index is 13.3. The molecule has 158 valence electrons. The second-order valence-corrected chi connectivity index (χ2v) is 8.11. The Morgan fingerprint density at radius 3 is 2.26 bits per heavy atom. The maximum absolute atomic E-state index is 13.3. The van der Waals surface area contributed by atoms with Gasteiger partial charge in [0.1, 0.15) is 5.70 Å². The topological polar surface area (TPSA) is 49.4 Å². The molecule has 0 aliphatic carbocycles. The van der Waals surface area contributed by atoms with Gasteiger partial charge in [0.05, 0.1) is 16.8 Å². The Labute approximate surface area is 180 Å². The lowest BCUT2D eigenvalue weighted by molar-refractivity contribution is -0.137. The summed E-state index contributed by atoms with van der Waals surface area (Å²) in [6.45, 7) is 3.79. The molecule has 4 nitrogen and oxygen atoms in total. The average molecular weight is 442 g/mol. The zero-order valence-electron chi connectivity index (χ0n) is 16.6. The number of nitrogens with zero attached hydrogens (tertiary/aromatic N) is 1. The quantitative estimate of drug-likeness (QED) is 0.521. The zero-order chi connectivity index (χ0) is 22.3. The number of thiophene rings is 1. The van der Waals surface area contributed by atoms with Crippen molar-refractivity contribution in [1.29, 1.82) is 0 Å². The van der Waals surface area contributed by atoms with Crippen molar-refractivity contribution in [3.63, 3.8) is 0 Å². The van der Waals surface area contributed by atoms with E-state index in [9.17, 15) is 22.8 Å². The summed E-state index contributed by atoms with van der Waals surface area (Å²) in [5.41, 5.74) is 2.06. The molecule has 1 aliphatic rings. The molecule has 31 heavy (non-hydrogen) atoms. The number of alkyl halides is 3. The predicted octanol–water partition coefficient (Wildman–Crippen LogP) is 5.78. The lowest BCUT2D eigenvalue weighted by Crippen LogP contribution is -2.32. The summed E-state index contributed by atoms with van der Waals surface area (Å²) in [5.74, 6) is -1.20. The number of benzene rings is 2. The third-order valence-corrected chi connectivity index (χ3v) is 5.84. The smallest absolute Gasteiger partial charge is 0.350 e. The van der Waals surface area contributed by atoms with E-state index in [1.165, 1.54) is 11.3 Å². The van der Waals surface area contributed by atoms with Crippen LogP contribution in [0, 0.1) is 13.8 Å². The molecular formula is C23H17F3N2O2S. The second kappa shape index (κ2) is 7.70. The molecule has 0 bridgehead atoms. The number of hydrogen-bond donors (Lipinski definition) is 1. The minimum atomic E-state index is -4.51. The zero-order valence-corrected chi connectivity index (χ0v) is 17.4. The third-order valence-electron chi connectivity index (χ3n) is 4.96. The van der Waals surface area contributed by atoms with Crippen molar-refractivity contribution in [2.24, 2.45) is 0 Å². The number of anilines is 2. The van der Waals surface area contributed by atoms with Crippen LogP contribution >= 0.6 is 11.3 Å². The van der Waals surface area contributed by atoms with Crippen LogP contribution in [0.2, 0.25) is 0 Å². The van der Waals surface area contributed by atoms with Crippen molar-refractivity contribution in [1.82, 2.24) is 0 Å². The van der Waals surface area contributed by atoms with Gasteiger partial charge in [0, 0.05) is 10.6 Å². The first-order chi connectivity index (χ1) is 14.7. The van der Waals surface area contributed by atoms with Crippen LogP contribution < -0.4 is 10.2 Å². The summed E-state index contributed by atoms with van der Waals surface area (Å²) in [7, 11) is 0. The van der Waals surface area contributed by atoms with Crippen LogP contribution in [0.5, 0.6) is 0 Å². The van der Waals surface area contributed by atoms with Crippen LogP contribution in [0.1, 0.15) is 21.6 Å². The summed E-state index contributed by atoms with van der Waals surface area (Å²) >= 11 is 1.30. The number of carbonyl (C=O) groups is 2. The Morgan fingerprint density at radius 1 is 0.935 bits per heavy atom. The summed E-state index contributed by atoms with van der Waals surface area (Å²) < 4.78 is 38.7. The molecule has 1 aromatic heterocycles. The highest BCUT2D eigenvalue weighted by Crippen LogP contribution is 2.37. The monoisotopic (exact) mass is 442 g/mol. The minimum absolute atomic E-state index is 0.0785. The fourth-order valence-electron chi connectivity index (χ4n) is 3.33. The van der Waals surface area contributed by atoms with Crippen molar-refractivity contribution < 1.29 is 22.8 Å². The van der Waals surface area contributed by atoms with Crippen molar-refractivity contribution in [2.75, 3.05) is 10.2 Å². The van der Waals surface area contributed by atoms with E-state index in [1.54, 1.807) is 17.5 Å². The standard InChI is InChI=1S/C23H17F3N2O2S/c1-13-5-6-14(2)17(12-13)27-20-19(18-4-3-11-31-18)21(29)28(22(20)30)16-9-7-15(8-10-16)23(24,25)26/h3-12,27H,1-2H3. The van der Waals surface area contributed by atoms with Gasteiger partial charge in [-0.05, 0) is 66.8 Å². The largest absolute Gasteiger partial charge is 0.416 e. The number of hydrogen-bond acceptors (Lipinski definition) is 4. The van der Waals surface area contributed by atoms with Gasteiger partial charge in [-0.2, -0.15) is 13.2 Å². The second-order valence-electron chi connectivity index (χ2n) is 7.16. The summed E-state index contributed by atoms with van der Waals surface area (Å²) in [4.78, 5) is 28.0. The molecule has 2 heterocycles. The highest BCUT2D eigenvalue weighted by molar-refractivity contribution is 7.11. The predicted molar refractivity (Wildman–Crippen MR) is 115 cm³/mol. The molecular weight excluding hydrogens is 425 g/mol. The first kappa shape index (κ1) is 20.9. The van der Waals surface area contributed by atoms with Crippen LogP contribution in [0.25, 0.3) is 5.57 Å². The van der Waals surface area contributed by atoms with Gasteiger partial charge < -0.3 is 5.32 Å². The molecule has 2 aromatic carbocycles. The summed E-state index contributed by atoms with van der Waals surface area (Å²) in [6.07, 6.45) is -4.51. The SMILES string of the molecule is Cc1ccc(C)c(NC2=C(c3cccs3)C(=O)N(c3ccc(C(F)(F)F)cc3)C2=O)c1. The minimum Gasteiger partial charge on any atom is -0.350 e. The number of amides is 2. The van der Waals surface area contributed by atoms with Gasteiger partial charge in [-0.15, -0.1) is 11.3 Å². The molecule has 0 radical (unpaired) electrons. The molecule has 0 unspecified atom stereocenters. The van der Waals surface area contributed by atoms with Crippen molar-refractivity contribution in [2.45, 2.75) is 20.0 Å². The van der Waals surface area contributed by atoms with Crippen molar-refractivity contribution in [3.8, 4) is 0 Å². The average Bonchev–Trinajstić information content (AvgIpc) is 3.31. The number of rotatable bonds is 4. The highest BCUT2D eigenvalue weighted by Gasteiger charge is 2.41. The van der Waals surface area contributed by atoms with Gasteiger partial charge in [-0.1, -0.05) is 18.2 Å². The number of halogens is 3. The molecule has 8 heteroatoms. The van der Waals surface area contributed by atoms with Crippen LogP contribution in [-0.2, 0) is 15.8 Å². The van der Waals surface area contributed by atoms with E-state index < -0.39 is 23.6 Å². The van der Waals surface area contributed by atoms with E-state index in [2.05, 4.69) is 5.32 Å². The number of nitrogens with one attached hydrogen (secondary N) is 1.